The standard InChI is InChI=1S/C64H52N2/c1-63(2)56-36-41(27-31-50(56)51-34-30-47(40-57(51)63)66-61-23-11-4-15-44(61)38-45-16-5-12-24-62(45)66)25-26-42-28-32-52-53-33-29-46(65-35-13-17-43-14-3-10-22-60(43)65)39-59(53)64(58(52)37-42)54-20-8-6-18-48(54)49-19-7-9-21-55(49)64/h3-9,11-12,14-16,18-21,23-34,36-37,39-40,53,59H,10,13,17,22,35,38H2,1-2H3/b26-25+. The lowest BCUT2D eigenvalue weighted by Gasteiger charge is -2.40. The molecule has 2 nitrogen and oxygen atoms in total. The van der Waals surface area contributed by atoms with Gasteiger partial charge in [0.2, 0.25) is 0 Å². The summed E-state index contributed by atoms with van der Waals surface area (Å²) in [7, 11) is 0. The number of benzene rings is 7. The van der Waals surface area contributed by atoms with Crippen LogP contribution in [0.4, 0.5) is 17.1 Å². The second-order valence-electron chi connectivity index (χ2n) is 20.2. The molecule has 2 heteroatoms. The summed E-state index contributed by atoms with van der Waals surface area (Å²) in [6, 6.07) is 58.0. The molecule has 0 saturated heterocycles. The predicted octanol–water partition coefficient (Wildman–Crippen LogP) is 15.7. The summed E-state index contributed by atoms with van der Waals surface area (Å²) in [4.78, 5) is 5.15. The fourth-order valence-corrected chi connectivity index (χ4v) is 13.6. The first-order valence-corrected chi connectivity index (χ1v) is 24.3. The van der Waals surface area contributed by atoms with Crippen LogP contribution in [-0.4, -0.2) is 11.4 Å². The number of nitrogens with zero attached hydrogens (tertiary/aromatic N) is 2. The van der Waals surface area contributed by atoms with Gasteiger partial charge in [0.05, 0.1) is 5.41 Å². The molecule has 0 radical (unpaired) electrons. The van der Waals surface area contributed by atoms with E-state index < -0.39 is 0 Å². The molecular weight excluding hydrogens is 797 g/mol. The van der Waals surface area contributed by atoms with Gasteiger partial charge in [-0.05, 0) is 139 Å². The minimum Gasteiger partial charge on any atom is -0.345 e. The highest BCUT2D eigenvalue weighted by atomic mass is 15.2. The Balaban J connectivity index is 0.836. The van der Waals surface area contributed by atoms with Crippen molar-refractivity contribution in [2.45, 2.75) is 62.7 Å². The van der Waals surface area contributed by atoms with E-state index in [0.717, 1.165) is 25.8 Å². The highest BCUT2D eigenvalue weighted by Gasteiger charge is 2.57. The lowest BCUT2D eigenvalue weighted by molar-refractivity contribution is 0.366. The van der Waals surface area contributed by atoms with Crippen LogP contribution in [0.1, 0.15) is 101 Å². The van der Waals surface area contributed by atoms with Gasteiger partial charge in [-0.2, -0.15) is 0 Å². The van der Waals surface area contributed by atoms with Gasteiger partial charge in [0.25, 0.3) is 0 Å². The lowest BCUT2D eigenvalue weighted by atomic mass is 9.65. The molecule has 66 heavy (non-hydrogen) atoms. The molecule has 0 fully saturated rings. The van der Waals surface area contributed by atoms with Crippen molar-refractivity contribution in [3.05, 3.63) is 255 Å². The van der Waals surface area contributed by atoms with Crippen LogP contribution in [0.5, 0.6) is 0 Å². The molecule has 2 heterocycles. The Morgan fingerprint density at radius 3 is 1.94 bits per heavy atom. The molecule has 1 spiro atoms. The maximum absolute atomic E-state index is 2.69. The number of allylic oxidation sites excluding steroid dienone is 7. The van der Waals surface area contributed by atoms with Crippen LogP contribution in [0.3, 0.4) is 0 Å². The Morgan fingerprint density at radius 1 is 0.576 bits per heavy atom. The van der Waals surface area contributed by atoms with Gasteiger partial charge in [0.15, 0.2) is 0 Å². The zero-order valence-electron chi connectivity index (χ0n) is 37.8. The van der Waals surface area contributed by atoms with Crippen molar-refractivity contribution in [3.63, 3.8) is 0 Å². The molecule has 318 valence electrons. The minimum absolute atomic E-state index is 0.154. The average molecular weight is 849 g/mol. The second kappa shape index (κ2) is 14.2. The topological polar surface area (TPSA) is 6.48 Å². The average Bonchev–Trinajstić information content (AvgIpc) is 3.92. The van der Waals surface area contributed by atoms with E-state index in [1.165, 1.54) is 119 Å². The van der Waals surface area contributed by atoms with E-state index in [2.05, 4.69) is 218 Å². The minimum atomic E-state index is -0.285. The molecule has 2 atom stereocenters. The summed E-state index contributed by atoms with van der Waals surface area (Å²) in [5.41, 5.74) is 27.1. The van der Waals surface area contributed by atoms with Crippen molar-refractivity contribution in [2.75, 3.05) is 11.4 Å². The van der Waals surface area contributed by atoms with Crippen LogP contribution < -0.4 is 4.90 Å². The molecule has 0 aromatic heterocycles. The van der Waals surface area contributed by atoms with Crippen molar-refractivity contribution in [2.24, 2.45) is 5.92 Å². The van der Waals surface area contributed by atoms with Gasteiger partial charge in [-0.1, -0.05) is 178 Å². The number of fused-ring (bicyclic) bond motifs is 15. The van der Waals surface area contributed by atoms with Gasteiger partial charge < -0.3 is 9.80 Å². The van der Waals surface area contributed by atoms with Crippen LogP contribution in [0.25, 0.3) is 34.4 Å². The van der Waals surface area contributed by atoms with Gasteiger partial charge in [-0.15, -0.1) is 0 Å². The van der Waals surface area contributed by atoms with Crippen LogP contribution >= 0.6 is 0 Å². The number of rotatable bonds is 4. The first kappa shape index (κ1) is 38.1. The molecule has 7 aliphatic rings. The highest BCUT2D eigenvalue weighted by molar-refractivity contribution is 5.90. The fraction of sp³-hybridized carbons (Fsp3) is 0.188. The van der Waals surface area contributed by atoms with Crippen LogP contribution in [0.15, 0.2) is 199 Å². The van der Waals surface area contributed by atoms with E-state index in [-0.39, 0.29) is 16.7 Å². The molecular formula is C64H52N2. The summed E-state index contributed by atoms with van der Waals surface area (Å²) in [6.07, 6.45) is 22.8. The van der Waals surface area contributed by atoms with E-state index in [9.17, 15) is 0 Å². The number of hydrogen-bond acceptors (Lipinski definition) is 2. The maximum atomic E-state index is 2.69. The Kier molecular flexibility index (Phi) is 8.19. The SMILES string of the molecule is CC1(C)c2cc(/C=C/c3ccc4c(c3)C3(c5ccccc5-c5ccccc53)C3C=C(N5CCCC6=C5CCC=C6)C=CC43)ccc2-c2ccc(N3c4ccccc4Cc4ccccc43)cc21. The Morgan fingerprint density at radius 2 is 1.20 bits per heavy atom. The summed E-state index contributed by atoms with van der Waals surface area (Å²) < 4.78 is 0. The molecule has 0 bridgehead atoms. The first-order chi connectivity index (χ1) is 32.5. The van der Waals surface area contributed by atoms with Gasteiger partial charge in [-0.25, -0.2) is 0 Å². The third-order valence-electron chi connectivity index (χ3n) is 16.5. The van der Waals surface area contributed by atoms with Crippen LogP contribution in [-0.2, 0) is 17.3 Å². The summed E-state index contributed by atoms with van der Waals surface area (Å²) in [5.74, 6) is 0.563. The van der Waals surface area contributed by atoms with Crippen molar-refractivity contribution in [1.29, 1.82) is 0 Å². The van der Waals surface area contributed by atoms with Crippen molar-refractivity contribution in [1.82, 2.24) is 4.90 Å². The molecule has 7 aromatic rings. The quantitative estimate of drug-likeness (QED) is 0.163. The Hall–Kier alpha value is -7.16. The zero-order chi connectivity index (χ0) is 43.7. The number of para-hydroxylation sites is 2. The van der Waals surface area contributed by atoms with E-state index in [1.54, 1.807) is 5.70 Å². The monoisotopic (exact) mass is 848 g/mol. The Bertz CT molecular complexity index is 3290. The molecule has 0 amide bonds. The van der Waals surface area contributed by atoms with E-state index in [0.29, 0.717) is 5.92 Å². The summed E-state index contributed by atoms with van der Waals surface area (Å²) in [6.45, 7) is 5.91. The third kappa shape index (κ3) is 5.30. The number of hydrogen-bond donors (Lipinski definition) is 0. The lowest BCUT2D eigenvalue weighted by Crippen LogP contribution is -2.35. The highest BCUT2D eigenvalue weighted by Crippen LogP contribution is 2.66. The molecule has 2 unspecified atom stereocenters. The largest absolute Gasteiger partial charge is 0.345 e. The first-order valence-electron chi connectivity index (χ1n) is 24.3. The number of anilines is 3. The van der Waals surface area contributed by atoms with Crippen molar-refractivity contribution < 1.29 is 0 Å². The maximum Gasteiger partial charge on any atom is 0.0538 e. The van der Waals surface area contributed by atoms with E-state index in [4.69, 9.17) is 0 Å². The Labute approximate surface area is 389 Å². The molecule has 2 aliphatic heterocycles. The predicted molar refractivity (Wildman–Crippen MR) is 273 cm³/mol. The van der Waals surface area contributed by atoms with Crippen LogP contribution in [0, 0.1) is 5.92 Å². The smallest absolute Gasteiger partial charge is 0.0538 e. The molecule has 5 aliphatic carbocycles. The molecule has 0 saturated carbocycles. The fourth-order valence-electron chi connectivity index (χ4n) is 13.6. The summed E-state index contributed by atoms with van der Waals surface area (Å²) >= 11 is 0. The summed E-state index contributed by atoms with van der Waals surface area (Å²) in [5, 5.41) is 0. The third-order valence-corrected chi connectivity index (χ3v) is 16.5. The second-order valence-corrected chi connectivity index (χ2v) is 20.2. The molecule has 14 rings (SSSR count). The molecule has 7 aromatic carbocycles. The van der Waals surface area contributed by atoms with Gasteiger partial charge in [0, 0.05) is 58.7 Å². The van der Waals surface area contributed by atoms with Gasteiger partial charge in [0.1, 0.15) is 0 Å². The van der Waals surface area contributed by atoms with Crippen molar-refractivity contribution >= 4 is 29.2 Å². The normalized spacial score (nSPS) is 20.5. The van der Waals surface area contributed by atoms with Gasteiger partial charge in [-0.3, -0.25) is 0 Å². The van der Waals surface area contributed by atoms with E-state index in [1.807, 2.05) is 0 Å². The van der Waals surface area contributed by atoms with E-state index >= 15 is 0 Å². The van der Waals surface area contributed by atoms with Gasteiger partial charge >= 0.3 is 0 Å². The van der Waals surface area contributed by atoms with Crippen molar-refractivity contribution in [3.8, 4) is 22.3 Å². The molecule has 0 N–H and O–H groups in total. The zero-order valence-corrected chi connectivity index (χ0v) is 37.8. The van der Waals surface area contributed by atoms with Crippen LogP contribution in [0.2, 0.25) is 0 Å².